The lowest BCUT2D eigenvalue weighted by atomic mass is 10.2. The highest BCUT2D eigenvalue weighted by molar-refractivity contribution is 5.50. The Labute approximate surface area is 82.2 Å². The van der Waals surface area contributed by atoms with Crippen LogP contribution < -0.4 is 4.73 Å². The maximum atomic E-state index is 11.4. The number of furan rings is 1. The maximum Gasteiger partial charge on any atom is 0.259 e. The highest BCUT2D eigenvalue weighted by atomic mass is 16.5. The van der Waals surface area contributed by atoms with Gasteiger partial charge in [0.05, 0.1) is 0 Å². The van der Waals surface area contributed by atoms with Crippen molar-refractivity contribution in [2.24, 2.45) is 0 Å². The first-order chi connectivity index (χ1) is 6.68. The number of hydrogen-bond donors (Lipinski definition) is 0. The molecule has 2 heterocycles. The van der Waals surface area contributed by atoms with Gasteiger partial charge in [-0.05, 0) is 31.5 Å². The SMILES string of the molecule is Cc1cc(-c2cccc[n+]2[O-])oc1C. The average Bonchev–Trinajstić information content (AvgIpc) is 2.48. The third-order valence-electron chi connectivity index (χ3n) is 2.24. The predicted octanol–water partition coefficient (Wildman–Crippen LogP) is 2.20. The van der Waals surface area contributed by atoms with Crippen LogP contribution in [0.25, 0.3) is 11.5 Å². The van der Waals surface area contributed by atoms with Crippen molar-refractivity contribution in [1.82, 2.24) is 0 Å². The zero-order valence-corrected chi connectivity index (χ0v) is 8.15. The molecule has 0 amide bonds. The number of rotatable bonds is 1. The lowest BCUT2D eigenvalue weighted by molar-refractivity contribution is -0.594. The standard InChI is InChI=1S/C11H11NO2/c1-8-7-11(14-9(8)2)10-5-3-4-6-12(10)13/h3-7H,1-2H3. The van der Waals surface area contributed by atoms with E-state index in [0.29, 0.717) is 11.5 Å². The van der Waals surface area contributed by atoms with E-state index in [2.05, 4.69) is 0 Å². The molecule has 3 nitrogen and oxygen atoms in total. The van der Waals surface area contributed by atoms with E-state index in [9.17, 15) is 5.21 Å². The molecule has 0 N–H and O–H groups in total. The molecule has 0 unspecified atom stereocenters. The van der Waals surface area contributed by atoms with Crippen molar-refractivity contribution in [2.75, 3.05) is 0 Å². The van der Waals surface area contributed by atoms with Gasteiger partial charge in [0, 0.05) is 12.1 Å². The van der Waals surface area contributed by atoms with Crippen molar-refractivity contribution in [3.63, 3.8) is 0 Å². The molecule has 0 saturated heterocycles. The maximum absolute atomic E-state index is 11.4. The number of pyridine rings is 1. The van der Waals surface area contributed by atoms with Gasteiger partial charge in [0.1, 0.15) is 5.76 Å². The number of aromatic nitrogens is 1. The Morgan fingerprint density at radius 2 is 2.07 bits per heavy atom. The summed E-state index contributed by atoms with van der Waals surface area (Å²) in [5.74, 6) is 1.47. The van der Waals surface area contributed by atoms with Gasteiger partial charge in [0.15, 0.2) is 12.0 Å². The first-order valence-electron chi connectivity index (χ1n) is 4.44. The molecule has 0 atom stereocenters. The molecule has 2 aromatic heterocycles. The second-order valence-corrected chi connectivity index (χ2v) is 3.26. The van der Waals surface area contributed by atoms with Gasteiger partial charge in [-0.25, -0.2) is 0 Å². The van der Waals surface area contributed by atoms with Gasteiger partial charge in [0.25, 0.3) is 5.69 Å². The van der Waals surface area contributed by atoms with Crippen LogP contribution in [0.15, 0.2) is 34.9 Å². The van der Waals surface area contributed by atoms with Crippen LogP contribution >= 0.6 is 0 Å². The van der Waals surface area contributed by atoms with Gasteiger partial charge >= 0.3 is 0 Å². The first kappa shape index (κ1) is 8.81. The van der Waals surface area contributed by atoms with Crippen molar-refractivity contribution in [1.29, 1.82) is 0 Å². The molecule has 3 heteroatoms. The third-order valence-corrected chi connectivity index (χ3v) is 2.24. The normalized spacial score (nSPS) is 10.4. The molecular formula is C11H11NO2. The van der Waals surface area contributed by atoms with Crippen molar-refractivity contribution in [3.8, 4) is 11.5 Å². The van der Waals surface area contributed by atoms with E-state index in [4.69, 9.17) is 4.42 Å². The quantitative estimate of drug-likeness (QED) is 0.509. The number of nitrogens with zero attached hydrogens (tertiary/aromatic N) is 1. The van der Waals surface area contributed by atoms with E-state index in [1.807, 2.05) is 26.0 Å². The fraction of sp³-hybridized carbons (Fsp3) is 0.182. The molecular weight excluding hydrogens is 178 g/mol. The highest BCUT2D eigenvalue weighted by Gasteiger charge is 2.12. The van der Waals surface area contributed by atoms with E-state index in [-0.39, 0.29) is 0 Å². The van der Waals surface area contributed by atoms with E-state index in [1.165, 1.54) is 6.20 Å². The van der Waals surface area contributed by atoms with Crippen LogP contribution in [0.3, 0.4) is 0 Å². The molecule has 14 heavy (non-hydrogen) atoms. The van der Waals surface area contributed by atoms with Gasteiger partial charge in [-0.3, -0.25) is 0 Å². The topological polar surface area (TPSA) is 40.1 Å². The lowest BCUT2D eigenvalue weighted by Crippen LogP contribution is -2.27. The van der Waals surface area contributed by atoms with E-state index < -0.39 is 0 Å². The van der Waals surface area contributed by atoms with Crippen LogP contribution in [0, 0.1) is 19.1 Å². The van der Waals surface area contributed by atoms with Crippen LogP contribution in [-0.4, -0.2) is 0 Å². The van der Waals surface area contributed by atoms with Gasteiger partial charge < -0.3 is 9.62 Å². The summed E-state index contributed by atoms with van der Waals surface area (Å²) in [6.45, 7) is 3.84. The molecule has 2 aromatic rings. The molecule has 72 valence electrons. The Morgan fingerprint density at radius 1 is 1.29 bits per heavy atom. The largest absolute Gasteiger partial charge is 0.618 e. The summed E-state index contributed by atoms with van der Waals surface area (Å²) in [6.07, 6.45) is 1.46. The fourth-order valence-corrected chi connectivity index (χ4v) is 1.32. The summed E-state index contributed by atoms with van der Waals surface area (Å²) in [7, 11) is 0. The van der Waals surface area contributed by atoms with Crippen molar-refractivity contribution < 1.29 is 9.15 Å². The average molecular weight is 189 g/mol. The summed E-state index contributed by atoms with van der Waals surface area (Å²) in [5, 5.41) is 11.4. The van der Waals surface area contributed by atoms with E-state index in [1.54, 1.807) is 12.1 Å². The van der Waals surface area contributed by atoms with Crippen LogP contribution in [0.1, 0.15) is 11.3 Å². The zero-order valence-electron chi connectivity index (χ0n) is 8.15. The monoisotopic (exact) mass is 189 g/mol. The summed E-state index contributed by atoms with van der Waals surface area (Å²) in [4.78, 5) is 0. The summed E-state index contributed by atoms with van der Waals surface area (Å²) >= 11 is 0. The predicted molar refractivity (Wildman–Crippen MR) is 52.6 cm³/mol. The minimum absolute atomic E-state index is 0.545. The van der Waals surface area contributed by atoms with Crippen LogP contribution in [0.4, 0.5) is 0 Å². The molecule has 0 aliphatic carbocycles. The van der Waals surface area contributed by atoms with E-state index >= 15 is 0 Å². The van der Waals surface area contributed by atoms with Gasteiger partial charge in [-0.1, -0.05) is 0 Å². The molecule has 0 fully saturated rings. The minimum atomic E-state index is 0.545. The Bertz CT molecular complexity index is 441. The molecule has 2 rings (SSSR count). The Morgan fingerprint density at radius 3 is 2.64 bits per heavy atom. The molecule has 0 saturated carbocycles. The molecule has 0 aliphatic rings. The highest BCUT2D eigenvalue weighted by Crippen LogP contribution is 2.21. The second kappa shape index (κ2) is 3.18. The molecule has 0 radical (unpaired) electrons. The summed E-state index contributed by atoms with van der Waals surface area (Å²) in [6, 6.07) is 7.12. The minimum Gasteiger partial charge on any atom is -0.618 e. The Balaban J connectivity index is 2.55. The van der Waals surface area contributed by atoms with Crippen molar-refractivity contribution in [3.05, 3.63) is 47.0 Å². The fourth-order valence-electron chi connectivity index (χ4n) is 1.32. The molecule has 0 spiro atoms. The summed E-state index contributed by atoms with van der Waals surface area (Å²) < 4.78 is 6.26. The van der Waals surface area contributed by atoms with Crippen molar-refractivity contribution >= 4 is 0 Å². The smallest absolute Gasteiger partial charge is 0.259 e. The van der Waals surface area contributed by atoms with Gasteiger partial charge in [0.2, 0.25) is 0 Å². The number of aryl methyl sites for hydroxylation is 2. The Hall–Kier alpha value is -1.77. The zero-order chi connectivity index (χ0) is 10.1. The molecule has 0 bridgehead atoms. The Kier molecular flexibility index (Phi) is 2.00. The van der Waals surface area contributed by atoms with E-state index in [0.717, 1.165) is 16.1 Å². The third kappa shape index (κ3) is 1.37. The van der Waals surface area contributed by atoms with Crippen molar-refractivity contribution in [2.45, 2.75) is 13.8 Å². The summed E-state index contributed by atoms with van der Waals surface area (Å²) in [5.41, 5.74) is 1.60. The van der Waals surface area contributed by atoms with Crippen LogP contribution in [0.5, 0.6) is 0 Å². The molecule has 0 aliphatic heterocycles. The second-order valence-electron chi connectivity index (χ2n) is 3.26. The lowest BCUT2D eigenvalue weighted by Gasteiger charge is -1.99. The first-order valence-corrected chi connectivity index (χ1v) is 4.44. The molecule has 0 aromatic carbocycles. The van der Waals surface area contributed by atoms with Crippen LogP contribution in [-0.2, 0) is 0 Å². The van der Waals surface area contributed by atoms with Crippen LogP contribution in [0.2, 0.25) is 0 Å². The van der Waals surface area contributed by atoms with Gasteiger partial charge in [-0.2, -0.15) is 4.73 Å². The number of hydrogen-bond acceptors (Lipinski definition) is 2. The van der Waals surface area contributed by atoms with Gasteiger partial charge in [-0.15, -0.1) is 0 Å².